The molecule has 0 aromatic heterocycles. The molecule has 32 heavy (non-hydrogen) atoms. The molecule has 2 aliphatic rings. The highest BCUT2D eigenvalue weighted by atomic mass is 19.2. The largest absolute Gasteiger partial charge is 0.444 e. The van der Waals surface area contributed by atoms with Gasteiger partial charge < -0.3 is 19.9 Å². The highest BCUT2D eigenvalue weighted by molar-refractivity contribution is 5.72. The normalized spacial score (nSPS) is 22.2. The van der Waals surface area contributed by atoms with Gasteiger partial charge in [-0.15, -0.1) is 0 Å². The number of anilines is 3. The first-order valence-electron chi connectivity index (χ1n) is 11.1. The highest BCUT2D eigenvalue weighted by Crippen LogP contribution is 2.48. The smallest absolute Gasteiger partial charge is 0.410 e. The number of hydrogen-bond donors (Lipinski definition) is 1. The van der Waals surface area contributed by atoms with Crippen LogP contribution in [0.4, 0.5) is 30.6 Å². The molecule has 1 fully saturated rings. The van der Waals surface area contributed by atoms with Crippen molar-refractivity contribution in [2.45, 2.75) is 63.6 Å². The van der Waals surface area contributed by atoms with Crippen molar-refractivity contribution in [2.24, 2.45) is 0 Å². The van der Waals surface area contributed by atoms with E-state index in [1.165, 1.54) is 11.6 Å². The van der Waals surface area contributed by atoms with E-state index in [1.807, 2.05) is 33.9 Å². The molecule has 1 aliphatic carbocycles. The van der Waals surface area contributed by atoms with Gasteiger partial charge in [0.2, 0.25) is 0 Å². The first kappa shape index (κ1) is 22.4. The summed E-state index contributed by atoms with van der Waals surface area (Å²) in [6, 6.07) is 10.4. The Morgan fingerprint density at radius 3 is 2.47 bits per heavy atom. The molecule has 0 bridgehead atoms. The van der Waals surface area contributed by atoms with E-state index in [0.717, 1.165) is 42.8 Å². The molecule has 1 N–H and O–H groups in total. The maximum absolute atomic E-state index is 13.6. The monoisotopic (exact) mass is 443 g/mol. The predicted molar refractivity (Wildman–Crippen MR) is 123 cm³/mol. The molecular formula is C25H31F2N3O2. The summed E-state index contributed by atoms with van der Waals surface area (Å²) in [5, 5.41) is 3.16. The van der Waals surface area contributed by atoms with Gasteiger partial charge in [-0.25, -0.2) is 13.6 Å². The fraction of sp³-hybridized carbons (Fsp3) is 0.480. The van der Waals surface area contributed by atoms with Crippen molar-refractivity contribution in [1.29, 1.82) is 0 Å². The number of rotatable bonds is 3. The fourth-order valence-corrected chi connectivity index (χ4v) is 4.92. The van der Waals surface area contributed by atoms with Crippen LogP contribution in [0.5, 0.6) is 0 Å². The lowest BCUT2D eigenvalue weighted by atomic mass is 9.79. The minimum Gasteiger partial charge on any atom is -0.444 e. The van der Waals surface area contributed by atoms with Gasteiger partial charge in [-0.05, 0) is 69.9 Å². The van der Waals surface area contributed by atoms with Crippen molar-refractivity contribution >= 4 is 23.2 Å². The standard InChI is InChI=1S/C25H31F2N3O2/c1-25(2,3)32-24(31)29(4)17-8-11-22-19(14-17)18-9-6-16(13-23(18)30(22)5)28-15-7-10-20(26)21(27)12-15/h6-7,9-10,12-13,17,19,22,28H,8,11,14H2,1-5H3. The zero-order chi connectivity index (χ0) is 23.2. The van der Waals surface area contributed by atoms with Gasteiger partial charge in [0.05, 0.1) is 0 Å². The van der Waals surface area contributed by atoms with Gasteiger partial charge in [0.1, 0.15) is 5.60 Å². The summed E-state index contributed by atoms with van der Waals surface area (Å²) in [7, 11) is 3.93. The van der Waals surface area contributed by atoms with Gasteiger partial charge in [0.15, 0.2) is 11.6 Å². The first-order valence-corrected chi connectivity index (χ1v) is 11.1. The van der Waals surface area contributed by atoms with Gasteiger partial charge in [0, 0.05) is 55.2 Å². The van der Waals surface area contributed by atoms with Crippen LogP contribution >= 0.6 is 0 Å². The topological polar surface area (TPSA) is 44.8 Å². The molecule has 1 saturated carbocycles. The molecule has 1 aliphatic heterocycles. The second-order valence-electron chi connectivity index (χ2n) is 9.87. The van der Waals surface area contributed by atoms with Gasteiger partial charge in [-0.3, -0.25) is 0 Å². The molecule has 4 rings (SSSR count). The summed E-state index contributed by atoms with van der Waals surface area (Å²) in [5.41, 5.74) is 3.20. The lowest BCUT2D eigenvalue weighted by molar-refractivity contribution is 0.0176. The van der Waals surface area contributed by atoms with Crippen molar-refractivity contribution in [3.63, 3.8) is 0 Å². The number of nitrogens with zero attached hydrogens (tertiary/aromatic N) is 2. The number of halogens is 2. The summed E-state index contributed by atoms with van der Waals surface area (Å²) in [6.45, 7) is 5.64. The van der Waals surface area contributed by atoms with Crippen LogP contribution in [0.1, 0.15) is 51.5 Å². The Balaban J connectivity index is 1.51. The molecule has 0 spiro atoms. The van der Waals surface area contributed by atoms with Crippen LogP contribution in [0.3, 0.4) is 0 Å². The summed E-state index contributed by atoms with van der Waals surface area (Å²) in [4.78, 5) is 16.6. The fourth-order valence-electron chi connectivity index (χ4n) is 4.92. The summed E-state index contributed by atoms with van der Waals surface area (Å²) in [6.07, 6.45) is 2.52. The molecule has 0 radical (unpaired) electrons. The minimum absolute atomic E-state index is 0.130. The third kappa shape index (κ3) is 4.38. The zero-order valence-electron chi connectivity index (χ0n) is 19.3. The van der Waals surface area contributed by atoms with Crippen molar-refractivity contribution in [2.75, 3.05) is 24.3 Å². The quantitative estimate of drug-likeness (QED) is 0.629. The predicted octanol–water partition coefficient (Wildman–Crippen LogP) is 6.03. The molecule has 3 atom stereocenters. The Hall–Kier alpha value is -2.83. The summed E-state index contributed by atoms with van der Waals surface area (Å²) in [5.74, 6) is -1.41. The van der Waals surface area contributed by atoms with Gasteiger partial charge in [-0.2, -0.15) is 0 Å². The molecule has 7 heteroatoms. The third-order valence-electron chi connectivity index (χ3n) is 6.53. The van der Waals surface area contributed by atoms with E-state index < -0.39 is 17.2 Å². The molecule has 0 saturated heterocycles. The lowest BCUT2D eigenvalue weighted by Gasteiger charge is -2.39. The number of nitrogens with one attached hydrogen (secondary N) is 1. The molecule has 5 nitrogen and oxygen atoms in total. The molecule has 1 heterocycles. The Labute approximate surface area is 188 Å². The van der Waals surface area contributed by atoms with E-state index in [1.54, 1.807) is 4.90 Å². The Kier molecular flexibility index (Phi) is 5.77. The number of carbonyl (C=O) groups is 1. The van der Waals surface area contributed by atoms with Gasteiger partial charge in [-0.1, -0.05) is 6.07 Å². The average molecular weight is 444 g/mol. The van der Waals surface area contributed by atoms with Crippen molar-refractivity contribution < 1.29 is 18.3 Å². The van der Waals surface area contributed by atoms with Crippen molar-refractivity contribution in [3.8, 4) is 0 Å². The average Bonchev–Trinajstić information content (AvgIpc) is 3.00. The van der Waals surface area contributed by atoms with E-state index in [4.69, 9.17) is 4.74 Å². The van der Waals surface area contributed by atoms with Crippen LogP contribution in [0.2, 0.25) is 0 Å². The Morgan fingerprint density at radius 1 is 1.09 bits per heavy atom. The molecule has 3 unspecified atom stereocenters. The Morgan fingerprint density at radius 2 is 1.78 bits per heavy atom. The molecule has 2 aromatic rings. The van der Waals surface area contributed by atoms with E-state index in [-0.39, 0.29) is 12.1 Å². The van der Waals surface area contributed by atoms with Crippen LogP contribution in [0, 0.1) is 11.6 Å². The third-order valence-corrected chi connectivity index (χ3v) is 6.53. The van der Waals surface area contributed by atoms with E-state index in [0.29, 0.717) is 17.6 Å². The highest BCUT2D eigenvalue weighted by Gasteiger charge is 2.42. The van der Waals surface area contributed by atoms with Gasteiger partial charge in [0.25, 0.3) is 0 Å². The van der Waals surface area contributed by atoms with Crippen molar-refractivity contribution in [3.05, 3.63) is 53.6 Å². The summed E-state index contributed by atoms with van der Waals surface area (Å²) >= 11 is 0. The number of amides is 1. The number of hydrogen-bond acceptors (Lipinski definition) is 4. The number of likely N-dealkylation sites (N-methyl/N-ethyl adjacent to an activating group) is 1. The number of ether oxygens (including phenoxy) is 1. The zero-order valence-corrected chi connectivity index (χ0v) is 19.3. The van der Waals surface area contributed by atoms with Crippen LogP contribution in [-0.4, -0.2) is 42.8 Å². The molecular weight excluding hydrogens is 412 g/mol. The minimum atomic E-state index is -0.876. The molecule has 1 amide bonds. The van der Waals surface area contributed by atoms with E-state index >= 15 is 0 Å². The van der Waals surface area contributed by atoms with Crippen molar-refractivity contribution in [1.82, 2.24) is 4.90 Å². The second kappa shape index (κ2) is 8.26. The molecule has 172 valence electrons. The summed E-state index contributed by atoms with van der Waals surface area (Å²) < 4.78 is 32.3. The maximum atomic E-state index is 13.6. The Bertz CT molecular complexity index is 1020. The number of carbonyl (C=O) groups excluding carboxylic acids is 1. The second-order valence-corrected chi connectivity index (χ2v) is 9.87. The van der Waals surface area contributed by atoms with Crippen LogP contribution in [0.15, 0.2) is 36.4 Å². The van der Waals surface area contributed by atoms with E-state index in [9.17, 15) is 13.6 Å². The van der Waals surface area contributed by atoms with Crippen LogP contribution in [0.25, 0.3) is 0 Å². The lowest BCUT2D eigenvalue weighted by Crippen LogP contribution is -2.46. The van der Waals surface area contributed by atoms with E-state index in [2.05, 4.69) is 29.4 Å². The SMILES string of the molecule is CN(C(=O)OC(C)(C)C)C1CCC2C(C1)c1ccc(Nc3ccc(F)c(F)c3)cc1N2C. The first-order chi connectivity index (χ1) is 15.0. The van der Waals surface area contributed by atoms with Crippen LogP contribution in [-0.2, 0) is 4.74 Å². The van der Waals surface area contributed by atoms with Crippen LogP contribution < -0.4 is 10.2 Å². The molecule has 2 aromatic carbocycles. The number of benzene rings is 2. The number of fused-ring (bicyclic) bond motifs is 3. The maximum Gasteiger partial charge on any atom is 0.410 e. The van der Waals surface area contributed by atoms with Gasteiger partial charge >= 0.3 is 6.09 Å².